The molecule has 0 spiro atoms. The van der Waals surface area contributed by atoms with E-state index in [1.54, 1.807) is 0 Å². The molecule has 13 rings (SSSR count). The van der Waals surface area contributed by atoms with Crippen LogP contribution in [0.5, 0.6) is 0 Å². The number of hydrogen-bond acceptors (Lipinski definition) is 2. The summed E-state index contributed by atoms with van der Waals surface area (Å²) in [5.41, 5.74) is 18.9. The van der Waals surface area contributed by atoms with Gasteiger partial charge in [0, 0.05) is 39.3 Å². The van der Waals surface area contributed by atoms with Crippen LogP contribution < -0.4 is 4.90 Å². The molecule has 2 heteroatoms. The third kappa shape index (κ3) is 6.72. The Morgan fingerprint density at radius 1 is 0.373 bits per heavy atom. The van der Waals surface area contributed by atoms with Crippen molar-refractivity contribution in [1.29, 1.82) is 0 Å². The Morgan fingerprint density at radius 2 is 0.955 bits per heavy atom. The van der Waals surface area contributed by atoms with Crippen LogP contribution in [0.2, 0.25) is 0 Å². The summed E-state index contributed by atoms with van der Waals surface area (Å²) in [6.45, 7) is 0. The zero-order valence-electron chi connectivity index (χ0n) is 36.9. The zero-order valence-corrected chi connectivity index (χ0v) is 36.9. The number of nitrogens with zero attached hydrogens (tertiary/aromatic N) is 1. The lowest BCUT2D eigenvalue weighted by Crippen LogP contribution is -2.11. The molecule has 12 aromatic rings. The van der Waals surface area contributed by atoms with Gasteiger partial charge in [-0.15, -0.1) is 0 Å². The van der Waals surface area contributed by atoms with Gasteiger partial charge in [-0.05, 0) is 145 Å². The first-order valence-corrected chi connectivity index (χ1v) is 23.4. The van der Waals surface area contributed by atoms with Crippen molar-refractivity contribution in [3.63, 3.8) is 0 Å². The summed E-state index contributed by atoms with van der Waals surface area (Å²) in [7, 11) is 0. The van der Waals surface area contributed by atoms with Gasteiger partial charge in [0.2, 0.25) is 0 Å². The summed E-state index contributed by atoms with van der Waals surface area (Å²) < 4.78 is 6.77. The van der Waals surface area contributed by atoms with Crippen molar-refractivity contribution in [2.24, 2.45) is 0 Å². The summed E-state index contributed by atoms with van der Waals surface area (Å²) in [6, 6.07) is 88.9. The Bertz CT molecular complexity index is 3780. The van der Waals surface area contributed by atoms with E-state index in [9.17, 15) is 0 Å². The van der Waals surface area contributed by atoms with Gasteiger partial charge < -0.3 is 9.32 Å². The number of benzene rings is 11. The van der Waals surface area contributed by atoms with Crippen LogP contribution in [0, 0.1) is 0 Å². The Kier molecular flexibility index (Phi) is 9.42. The van der Waals surface area contributed by atoms with E-state index in [-0.39, 0.29) is 5.92 Å². The lowest BCUT2D eigenvalue weighted by molar-refractivity contribution is 0.667. The van der Waals surface area contributed by atoms with E-state index in [4.69, 9.17) is 4.42 Å². The van der Waals surface area contributed by atoms with Crippen LogP contribution in [0.1, 0.15) is 29.0 Å². The predicted molar refractivity (Wildman–Crippen MR) is 282 cm³/mol. The van der Waals surface area contributed by atoms with Gasteiger partial charge in [0.1, 0.15) is 11.2 Å². The van der Waals surface area contributed by atoms with Crippen molar-refractivity contribution in [3.05, 3.63) is 259 Å². The summed E-state index contributed by atoms with van der Waals surface area (Å²) >= 11 is 0. The average molecular weight is 856 g/mol. The molecule has 1 aliphatic rings. The van der Waals surface area contributed by atoms with Crippen molar-refractivity contribution in [3.8, 4) is 44.5 Å². The van der Waals surface area contributed by atoms with Gasteiger partial charge in [-0.1, -0.05) is 188 Å². The molecule has 0 radical (unpaired) electrons. The van der Waals surface area contributed by atoms with Crippen LogP contribution in [0.15, 0.2) is 247 Å². The Morgan fingerprint density at radius 3 is 1.73 bits per heavy atom. The van der Waals surface area contributed by atoms with Gasteiger partial charge in [-0.2, -0.15) is 0 Å². The topological polar surface area (TPSA) is 16.4 Å². The highest BCUT2D eigenvalue weighted by atomic mass is 16.3. The number of rotatable bonds is 7. The summed E-state index contributed by atoms with van der Waals surface area (Å²) in [5, 5.41) is 7.36. The molecule has 0 saturated carbocycles. The van der Waals surface area contributed by atoms with Gasteiger partial charge in [-0.25, -0.2) is 0 Å². The molecule has 0 fully saturated rings. The first-order chi connectivity index (χ1) is 33.2. The number of fused-ring (bicyclic) bond motifs is 9. The standard InChI is InChI=1S/C65H45NO/c1-4-16-43(17-5-1)44-28-30-47(31-29-44)64-63-49(41-62-65(64)58-26-14-15-27-61(58)67-62)34-38-54(45-18-6-2-7-19-45)57-39-37-52(42-60(57)63)66(50-21-8-3-9-22-50)51-35-32-46(33-36-51)59-40-48-20-10-11-23-53(48)55-24-12-13-25-56(55)59/h1-33,35-37,39-42,54H,34,38H2. The van der Waals surface area contributed by atoms with E-state index in [1.165, 1.54) is 82.7 Å². The molecule has 0 N–H and O–H groups in total. The maximum atomic E-state index is 6.77. The smallest absolute Gasteiger partial charge is 0.136 e. The quantitative estimate of drug-likeness (QED) is 0.149. The van der Waals surface area contributed by atoms with Crippen LogP contribution in [0.25, 0.3) is 88.0 Å². The van der Waals surface area contributed by atoms with E-state index in [1.807, 2.05) is 0 Å². The molecule has 1 atom stereocenters. The first kappa shape index (κ1) is 39.0. The maximum Gasteiger partial charge on any atom is 0.136 e. The fourth-order valence-electron chi connectivity index (χ4n) is 11.0. The van der Waals surface area contributed by atoms with E-state index in [2.05, 4.69) is 248 Å². The second-order valence-corrected chi connectivity index (χ2v) is 17.9. The van der Waals surface area contributed by atoms with Crippen LogP contribution in [0.3, 0.4) is 0 Å². The van der Waals surface area contributed by atoms with Crippen molar-refractivity contribution in [2.75, 3.05) is 4.90 Å². The van der Waals surface area contributed by atoms with E-state index in [0.29, 0.717) is 0 Å². The number of hydrogen-bond donors (Lipinski definition) is 0. The van der Waals surface area contributed by atoms with Gasteiger partial charge in [0.15, 0.2) is 0 Å². The van der Waals surface area contributed by atoms with Crippen molar-refractivity contribution in [1.82, 2.24) is 0 Å². The molecule has 1 aliphatic carbocycles. The largest absolute Gasteiger partial charge is 0.456 e. The van der Waals surface area contributed by atoms with Gasteiger partial charge in [-0.3, -0.25) is 0 Å². The average Bonchev–Trinajstić information content (AvgIpc) is 3.69. The summed E-state index contributed by atoms with van der Waals surface area (Å²) in [4.78, 5) is 2.42. The SMILES string of the molecule is c1ccc(-c2ccc(-c3c4c(cc5oc6ccccc6c35)CCC(c3ccccc3)c3ccc(N(c5ccccc5)c5ccc(-c6cc7ccccc7c7ccccc67)cc5)cc3-4)cc2)cc1. The third-order valence-corrected chi connectivity index (χ3v) is 14.1. The Hall–Kier alpha value is -8.46. The van der Waals surface area contributed by atoms with E-state index < -0.39 is 0 Å². The first-order valence-electron chi connectivity index (χ1n) is 23.4. The summed E-state index contributed by atoms with van der Waals surface area (Å²) in [6.07, 6.45) is 1.89. The normalized spacial score (nSPS) is 13.4. The molecule has 11 aromatic carbocycles. The van der Waals surface area contributed by atoms with Crippen LogP contribution in [-0.4, -0.2) is 0 Å². The molecule has 67 heavy (non-hydrogen) atoms. The molecule has 0 bridgehead atoms. The fourth-order valence-corrected chi connectivity index (χ4v) is 11.0. The Labute approximate surface area is 390 Å². The molecule has 1 aromatic heterocycles. The minimum Gasteiger partial charge on any atom is -0.456 e. The van der Waals surface area contributed by atoms with Crippen LogP contribution in [0.4, 0.5) is 17.1 Å². The molecular weight excluding hydrogens is 811 g/mol. The molecule has 0 saturated heterocycles. The molecule has 0 aliphatic heterocycles. The molecule has 0 amide bonds. The van der Waals surface area contributed by atoms with Crippen LogP contribution >= 0.6 is 0 Å². The van der Waals surface area contributed by atoms with Crippen molar-refractivity contribution >= 4 is 60.5 Å². The number of anilines is 3. The minimum absolute atomic E-state index is 0.204. The maximum absolute atomic E-state index is 6.77. The number of para-hydroxylation sites is 2. The molecular formula is C65H45NO. The third-order valence-electron chi connectivity index (χ3n) is 14.1. The lowest BCUT2D eigenvalue weighted by atomic mass is 9.83. The zero-order chi connectivity index (χ0) is 44.3. The van der Waals surface area contributed by atoms with Gasteiger partial charge in [0.05, 0.1) is 0 Å². The highest BCUT2D eigenvalue weighted by molar-refractivity contribution is 6.17. The second kappa shape index (κ2) is 16.2. The van der Waals surface area contributed by atoms with Crippen molar-refractivity contribution < 1.29 is 4.42 Å². The van der Waals surface area contributed by atoms with Crippen molar-refractivity contribution in [2.45, 2.75) is 18.8 Å². The number of aryl methyl sites for hydroxylation is 1. The second-order valence-electron chi connectivity index (χ2n) is 17.9. The van der Waals surface area contributed by atoms with Crippen LogP contribution in [-0.2, 0) is 6.42 Å². The fraction of sp³-hybridized carbons (Fsp3) is 0.0462. The lowest BCUT2D eigenvalue weighted by Gasteiger charge is -2.28. The van der Waals surface area contributed by atoms with E-state index in [0.717, 1.165) is 51.8 Å². The number of furan rings is 1. The monoisotopic (exact) mass is 855 g/mol. The molecule has 1 unspecified atom stereocenters. The van der Waals surface area contributed by atoms with Gasteiger partial charge in [0.25, 0.3) is 0 Å². The summed E-state index contributed by atoms with van der Waals surface area (Å²) in [5.74, 6) is 0.204. The predicted octanol–water partition coefficient (Wildman–Crippen LogP) is 18.1. The molecule has 2 nitrogen and oxygen atoms in total. The molecule has 316 valence electrons. The highest BCUT2D eigenvalue weighted by Gasteiger charge is 2.30. The Balaban J connectivity index is 1.03. The molecule has 1 heterocycles. The minimum atomic E-state index is 0.204. The highest BCUT2D eigenvalue weighted by Crippen LogP contribution is 2.52. The van der Waals surface area contributed by atoms with E-state index >= 15 is 0 Å². The van der Waals surface area contributed by atoms with Gasteiger partial charge >= 0.3 is 0 Å².